The number of carbonyl (C=O) groups excluding carboxylic acids is 1. The van der Waals surface area contributed by atoms with Crippen LogP contribution >= 0.6 is 0 Å². The molecular weight excluding hydrogens is 332 g/mol. The van der Waals surface area contributed by atoms with E-state index in [0.29, 0.717) is 27.9 Å². The minimum Gasteiger partial charge on any atom is -0.345 e. The number of aldehydes is 1. The molecule has 0 aliphatic carbocycles. The van der Waals surface area contributed by atoms with Crippen LogP contribution in [-0.4, -0.2) is 26.2 Å². The van der Waals surface area contributed by atoms with Crippen LogP contribution in [0.4, 0.5) is 5.69 Å². The van der Waals surface area contributed by atoms with Crippen LogP contribution in [0.1, 0.15) is 10.4 Å². The molecule has 0 spiro atoms. The molecule has 0 atom stereocenters. The third-order valence-corrected chi connectivity index (χ3v) is 4.14. The quantitative estimate of drug-likeness (QED) is 0.342. The van der Waals surface area contributed by atoms with Gasteiger partial charge in [-0.1, -0.05) is 18.2 Å². The van der Waals surface area contributed by atoms with Gasteiger partial charge in [-0.3, -0.25) is 19.9 Å². The van der Waals surface area contributed by atoms with Gasteiger partial charge in [-0.15, -0.1) is 0 Å². The van der Waals surface area contributed by atoms with Gasteiger partial charge in [0.15, 0.2) is 6.29 Å². The highest BCUT2D eigenvalue weighted by molar-refractivity contribution is 5.98. The Kier molecular flexibility index (Phi) is 3.74. The minimum absolute atomic E-state index is 0.00144. The summed E-state index contributed by atoms with van der Waals surface area (Å²) in [5, 5.41) is 11.8. The average molecular weight is 344 g/mol. The molecule has 0 fully saturated rings. The number of benzene rings is 1. The number of hydrogen-bond acceptors (Lipinski definition) is 5. The number of rotatable bonds is 4. The molecule has 0 saturated carbocycles. The van der Waals surface area contributed by atoms with Gasteiger partial charge in [0.2, 0.25) is 0 Å². The lowest BCUT2D eigenvalue weighted by atomic mass is 9.99. The van der Waals surface area contributed by atoms with Crippen molar-refractivity contribution >= 4 is 23.0 Å². The van der Waals surface area contributed by atoms with Crippen molar-refractivity contribution < 1.29 is 9.72 Å². The smallest absolute Gasteiger partial charge is 0.270 e. The number of nitrogens with zero attached hydrogens (tertiary/aromatic N) is 3. The standard InChI is InChI=1S/C19H12N4O3/c24-11-14-10-22-19-17(14)8-13(9-21-19)16-5-2-6-20-18(16)12-3-1-4-15(7-12)23(25)26/h1-11H,(H,21,22). The third-order valence-electron chi connectivity index (χ3n) is 4.14. The van der Waals surface area contributed by atoms with Gasteiger partial charge in [-0.25, -0.2) is 4.98 Å². The molecule has 0 radical (unpaired) electrons. The summed E-state index contributed by atoms with van der Waals surface area (Å²) in [6, 6.07) is 11.9. The van der Waals surface area contributed by atoms with Gasteiger partial charge < -0.3 is 4.98 Å². The summed E-state index contributed by atoms with van der Waals surface area (Å²) in [6.45, 7) is 0. The number of nitrogens with one attached hydrogen (secondary N) is 1. The molecule has 1 aromatic carbocycles. The second-order valence-corrected chi connectivity index (χ2v) is 5.69. The number of pyridine rings is 2. The molecule has 0 amide bonds. The molecule has 0 bridgehead atoms. The van der Waals surface area contributed by atoms with E-state index in [4.69, 9.17) is 0 Å². The van der Waals surface area contributed by atoms with Gasteiger partial charge in [-0.05, 0) is 12.1 Å². The zero-order chi connectivity index (χ0) is 18.1. The minimum atomic E-state index is -0.435. The van der Waals surface area contributed by atoms with Crippen molar-refractivity contribution in [3.05, 3.63) is 76.7 Å². The summed E-state index contributed by atoms with van der Waals surface area (Å²) in [5.74, 6) is 0. The predicted molar refractivity (Wildman–Crippen MR) is 96.8 cm³/mol. The van der Waals surface area contributed by atoms with Crippen LogP contribution in [-0.2, 0) is 0 Å². The monoisotopic (exact) mass is 344 g/mol. The summed E-state index contributed by atoms with van der Waals surface area (Å²) in [6.07, 6.45) is 5.70. The summed E-state index contributed by atoms with van der Waals surface area (Å²) in [5.41, 5.74) is 3.95. The van der Waals surface area contributed by atoms with Crippen molar-refractivity contribution in [3.8, 4) is 22.4 Å². The number of nitro benzene ring substituents is 1. The van der Waals surface area contributed by atoms with Gasteiger partial charge in [-0.2, -0.15) is 0 Å². The highest BCUT2D eigenvalue weighted by atomic mass is 16.6. The van der Waals surface area contributed by atoms with E-state index in [1.54, 1.807) is 36.8 Å². The number of aromatic amines is 1. The first-order chi connectivity index (χ1) is 12.7. The maximum Gasteiger partial charge on any atom is 0.270 e. The molecule has 0 saturated heterocycles. The van der Waals surface area contributed by atoms with Crippen molar-refractivity contribution in [1.29, 1.82) is 0 Å². The number of fused-ring (bicyclic) bond motifs is 1. The molecule has 1 N–H and O–H groups in total. The molecule has 7 nitrogen and oxygen atoms in total. The lowest BCUT2D eigenvalue weighted by Crippen LogP contribution is -1.92. The zero-order valence-corrected chi connectivity index (χ0v) is 13.4. The molecule has 0 unspecified atom stereocenters. The molecule has 7 heteroatoms. The van der Waals surface area contributed by atoms with E-state index in [0.717, 1.165) is 17.4 Å². The molecular formula is C19H12N4O3. The molecule has 126 valence electrons. The predicted octanol–water partition coefficient (Wildman–Crippen LogP) is 4.01. The Labute approximate surface area is 147 Å². The Morgan fingerprint density at radius 2 is 1.96 bits per heavy atom. The van der Waals surface area contributed by atoms with Crippen molar-refractivity contribution in [1.82, 2.24) is 15.0 Å². The number of non-ortho nitro benzene ring substituents is 1. The average Bonchev–Trinajstić information content (AvgIpc) is 3.10. The maximum atomic E-state index is 11.2. The lowest BCUT2D eigenvalue weighted by molar-refractivity contribution is -0.384. The van der Waals surface area contributed by atoms with Crippen LogP contribution in [0.25, 0.3) is 33.4 Å². The van der Waals surface area contributed by atoms with E-state index in [1.807, 2.05) is 12.1 Å². The molecule has 4 aromatic rings. The van der Waals surface area contributed by atoms with Gasteiger partial charge in [0.1, 0.15) is 5.65 Å². The van der Waals surface area contributed by atoms with Crippen molar-refractivity contribution in [2.45, 2.75) is 0 Å². The fourth-order valence-corrected chi connectivity index (χ4v) is 2.90. The van der Waals surface area contributed by atoms with E-state index in [1.165, 1.54) is 12.1 Å². The van der Waals surface area contributed by atoms with Crippen LogP contribution in [0.2, 0.25) is 0 Å². The molecule has 4 rings (SSSR count). The molecule has 3 heterocycles. The number of aromatic nitrogens is 3. The van der Waals surface area contributed by atoms with Gasteiger partial charge in [0.05, 0.1) is 10.6 Å². The largest absolute Gasteiger partial charge is 0.345 e. The number of hydrogen-bond donors (Lipinski definition) is 1. The molecule has 0 aliphatic rings. The number of H-pyrrole nitrogens is 1. The Balaban J connectivity index is 1.90. The van der Waals surface area contributed by atoms with Gasteiger partial charge in [0, 0.05) is 58.4 Å². The van der Waals surface area contributed by atoms with E-state index >= 15 is 0 Å². The molecule has 26 heavy (non-hydrogen) atoms. The summed E-state index contributed by atoms with van der Waals surface area (Å²) >= 11 is 0. The van der Waals surface area contributed by atoms with Crippen molar-refractivity contribution in [3.63, 3.8) is 0 Å². The van der Waals surface area contributed by atoms with E-state index < -0.39 is 4.92 Å². The van der Waals surface area contributed by atoms with Crippen LogP contribution in [0.3, 0.4) is 0 Å². The van der Waals surface area contributed by atoms with Crippen molar-refractivity contribution in [2.75, 3.05) is 0 Å². The Bertz CT molecular complexity index is 1150. The lowest BCUT2D eigenvalue weighted by Gasteiger charge is -2.09. The van der Waals surface area contributed by atoms with Gasteiger partial charge in [0.25, 0.3) is 5.69 Å². The first-order valence-corrected chi connectivity index (χ1v) is 7.80. The normalized spacial score (nSPS) is 10.8. The maximum absolute atomic E-state index is 11.2. The number of carbonyl (C=O) groups is 1. The number of nitro groups is 1. The second-order valence-electron chi connectivity index (χ2n) is 5.69. The SMILES string of the molecule is O=Cc1c[nH]c2ncc(-c3cccnc3-c3cccc([N+](=O)[O-])c3)cc12. The van der Waals surface area contributed by atoms with E-state index in [2.05, 4.69) is 15.0 Å². The fraction of sp³-hybridized carbons (Fsp3) is 0. The first-order valence-electron chi connectivity index (χ1n) is 7.80. The van der Waals surface area contributed by atoms with E-state index in [9.17, 15) is 14.9 Å². The Morgan fingerprint density at radius 3 is 2.77 bits per heavy atom. The Hall–Kier alpha value is -3.87. The van der Waals surface area contributed by atoms with Crippen LogP contribution < -0.4 is 0 Å². The summed E-state index contributed by atoms with van der Waals surface area (Å²) in [7, 11) is 0. The highest BCUT2D eigenvalue weighted by Crippen LogP contribution is 2.33. The fourth-order valence-electron chi connectivity index (χ4n) is 2.90. The van der Waals surface area contributed by atoms with Crippen LogP contribution in [0, 0.1) is 10.1 Å². The van der Waals surface area contributed by atoms with Crippen LogP contribution in [0.5, 0.6) is 0 Å². The molecule has 0 aliphatic heterocycles. The van der Waals surface area contributed by atoms with Crippen molar-refractivity contribution in [2.24, 2.45) is 0 Å². The second kappa shape index (κ2) is 6.21. The third kappa shape index (κ3) is 2.61. The van der Waals surface area contributed by atoms with E-state index in [-0.39, 0.29) is 5.69 Å². The molecule has 3 aromatic heterocycles. The zero-order valence-electron chi connectivity index (χ0n) is 13.4. The topological polar surface area (TPSA) is 102 Å². The first kappa shape index (κ1) is 15.6. The summed E-state index contributed by atoms with van der Waals surface area (Å²) < 4.78 is 0. The summed E-state index contributed by atoms with van der Waals surface area (Å²) in [4.78, 5) is 33.5. The van der Waals surface area contributed by atoms with Crippen LogP contribution in [0.15, 0.2) is 61.1 Å². The van der Waals surface area contributed by atoms with Gasteiger partial charge >= 0.3 is 0 Å². The Morgan fingerprint density at radius 1 is 1.08 bits per heavy atom. The highest BCUT2D eigenvalue weighted by Gasteiger charge is 2.14.